The quantitative estimate of drug-likeness (QED) is 0.0866. The highest BCUT2D eigenvalue weighted by molar-refractivity contribution is 5.97. The van der Waals surface area contributed by atoms with Crippen LogP contribution in [0.2, 0.25) is 0 Å². The molecule has 3 aliphatic rings. The number of fused-ring (bicyclic) bond motifs is 1. The molecule has 3 aliphatic heterocycles. The van der Waals surface area contributed by atoms with Gasteiger partial charge >= 0.3 is 0 Å². The molecule has 68 heavy (non-hydrogen) atoms. The van der Waals surface area contributed by atoms with E-state index < -0.39 is 0 Å². The first-order valence-corrected chi connectivity index (χ1v) is 22.8. The van der Waals surface area contributed by atoms with E-state index in [1.165, 1.54) is 23.8 Å². The topological polar surface area (TPSA) is 206 Å². The largest absolute Gasteiger partial charge is 0.486 e. The molecule has 0 atom stereocenters. The minimum absolute atomic E-state index is 0.0131. The molecule has 0 radical (unpaired) electrons. The number of benzene rings is 4. The maximum Gasteiger partial charge on any atom is 0.231 e. The van der Waals surface area contributed by atoms with Gasteiger partial charge in [0.25, 0.3) is 0 Å². The maximum atomic E-state index is 13.0. The Hall–Kier alpha value is -8.35. The number of hydrogen-bond acceptors (Lipinski definition) is 16. The fourth-order valence-corrected chi connectivity index (χ4v) is 8.64. The van der Waals surface area contributed by atoms with Gasteiger partial charge in [0.1, 0.15) is 25.9 Å². The lowest BCUT2D eigenvalue weighted by Crippen LogP contribution is -2.47. The Morgan fingerprint density at radius 1 is 0.632 bits per heavy atom. The first-order chi connectivity index (χ1) is 33.4. The third-order valence-electron chi connectivity index (χ3n) is 12.1. The smallest absolute Gasteiger partial charge is 0.231 e. The monoisotopic (exact) mass is 913 g/mol. The average molecular weight is 914 g/mol. The minimum atomic E-state index is -0.298. The molecule has 346 valence electrons. The molecule has 19 nitrogen and oxygen atoms in total. The molecular formula is C49H51N15O4. The van der Waals surface area contributed by atoms with Gasteiger partial charge in [-0.3, -0.25) is 14.3 Å². The number of ether oxygens (including phenoxy) is 2. The van der Waals surface area contributed by atoms with Gasteiger partial charge < -0.3 is 45.4 Å². The molecule has 0 saturated carbocycles. The Morgan fingerprint density at radius 2 is 1.21 bits per heavy atom. The fraction of sp³-hybridized carbons (Fsp3) is 0.286. The number of amides is 2. The van der Waals surface area contributed by atoms with Crippen molar-refractivity contribution in [3.63, 3.8) is 0 Å². The van der Waals surface area contributed by atoms with Crippen molar-refractivity contribution in [3.05, 3.63) is 122 Å². The predicted octanol–water partition coefficient (Wildman–Crippen LogP) is 7.01. The lowest BCUT2D eigenvalue weighted by Gasteiger charge is -2.37. The number of para-hydroxylation sites is 1. The van der Waals surface area contributed by atoms with Crippen molar-refractivity contribution < 1.29 is 19.1 Å². The molecule has 2 saturated heterocycles. The summed E-state index contributed by atoms with van der Waals surface area (Å²) in [4.78, 5) is 59.5. The van der Waals surface area contributed by atoms with Gasteiger partial charge in [-0.25, -0.2) is 19.9 Å². The normalized spacial score (nSPS) is 14.9. The molecule has 4 N–H and O–H groups in total. The molecule has 6 heterocycles. The van der Waals surface area contributed by atoms with Crippen LogP contribution in [0.25, 0.3) is 11.1 Å². The summed E-state index contributed by atoms with van der Waals surface area (Å²) in [5.74, 6) is 2.92. The molecule has 0 aliphatic carbocycles. The summed E-state index contributed by atoms with van der Waals surface area (Å²) in [5, 5.41) is 17.0. The van der Waals surface area contributed by atoms with Crippen LogP contribution in [0.5, 0.6) is 11.5 Å². The molecule has 2 amide bonds. The Balaban J connectivity index is 0.668. The van der Waals surface area contributed by atoms with Crippen molar-refractivity contribution in [2.75, 3.05) is 88.4 Å². The molecule has 19 heteroatoms. The number of hydrogen-bond donors (Lipinski definition) is 4. The molecule has 0 bridgehead atoms. The Kier molecular flexibility index (Phi) is 12.8. The van der Waals surface area contributed by atoms with E-state index in [9.17, 15) is 9.59 Å². The van der Waals surface area contributed by atoms with Gasteiger partial charge in [0.15, 0.2) is 11.5 Å². The number of carbonyl (C=O) groups is 2. The van der Waals surface area contributed by atoms with E-state index in [0.29, 0.717) is 78.9 Å². The van der Waals surface area contributed by atoms with Crippen LogP contribution in [0.4, 0.5) is 52.2 Å². The zero-order chi connectivity index (χ0) is 46.2. The van der Waals surface area contributed by atoms with Crippen LogP contribution < -0.4 is 45.4 Å². The zero-order valence-corrected chi connectivity index (χ0v) is 37.6. The number of rotatable bonds is 14. The molecule has 0 spiro atoms. The van der Waals surface area contributed by atoms with Gasteiger partial charge in [0.2, 0.25) is 35.6 Å². The second kappa shape index (κ2) is 20.0. The van der Waals surface area contributed by atoms with Crippen LogP contribution in [0.15, 0.2) is 116 Å². The van der Waals surface area contributed by atoms with Crippen molar-refractivity contribution in [3.8, 4) is 22.6 Å². The van der Waals surface area contributed by atoms with Crippen molar-refractivity contribution in [2.24, 2.45) is 0 Å². The van der Waals surface area contributed by atoms with Crippen LogP contribution in [-0.4, -0.2) is 104 Å². The highest BCUT2D eigenvalue weighted by atomic mass is 16.6. The second-order valence-electron chi connectivity index (χ2n) is 16.7. The van der Waals surface area contributed by atoms with Gasteiger partial charge in [0, 0.05) is 86.6 Å². The van der Waals surface area contributed by atoms with Crippen molar-refractivity contribution in [2.45, 2.75) is 38.6 Å². The standard InChI is InChI=1S/C49H51N15O4/c1-33-7-2-3-12-40(33)34-29-54-64(30-34)39-17-19-62(20-18-39)48-52-31-50-46(59-48)57-37-10-4-8-35(27-37)55-43(65)15-16-44(66)56-36-9-5-11-38(28-36)58-47-51-32-53-49(60-47)63-23-21-61(22-24-63)41-13-6-14-42-45(41)68-26-25-67-42/h2-14,27-32,39H,15-26H2,1H3,(H,55,65)(H,56,66)(H,50,52,57,59)(H,51,53,58,60). The molecule has 10 rings (SSSR count). The van der Waals surface area contributed by atoms with E-state index in [0.717, 1.165) is 61.8 Å². The Labute approximate surface area is 393 Å². The van der Waals surface area contributed by atoms with Gasteiger partial charge in [-0.05, 0) is 79.4 Å². The average Bonchev–Trinajstić information content (AvgIpc) is 3.87. The summed E-state index contributed by atoms with van der Waals surface area (Å²) in [6, 6.07) is 29.1. The van der Waals surface area contributed by atoms with E-state index in [2.05, 4.69) is 109 Å². The number of piperidine rings is 1. The lowest BCUT2D eigenvalue weighted by molar-refractivity contribution is -0.121. The molecule has 2 fully saturated rings. The number of anilines is 9. The maximum absolute atomic E-state index is 13.0. The van der Waals surface area contributed by atoms with Crippen LogP contribution in [0.1, 0.15) is 37.3 Å². The van der Waals surface area contributed by atoms with Crippen molar-refractivity contribution >= 4 is 64.0 Å². The van der Waals surface area contributed by atoms with Crippen LogP contribution >= 0.6 is 0 Å². The van der Waals surface area contributed by atoms with Gasteiger partial charge in [-0.1, -0.05) is 42.5 Å². The predicted molar refractivity (Wildman–Crippen MR) is 260 cm³/mol. The second-order valence-corrected chi connectivity index (χ2v) is 16.7. The van der Waals surface area contributed by atoms with Crippen molar-refractivity contribution in [1.82, 2.24) is 39.7 Å². The lowest BCUT2D eigenvalue weighted by atomic mass is 10.0. The van der Waals surface area contributed by atoms with Gasteiger partial charge in [-0.2, -0.15) is 15.1 Å². The Morgan fingerprint density at radius 3 is 1.85 bits per heavy atom. The number of nitrogens with one attached hydrogen (secondary N) is 4. The van der Waals surface area contributed by atoms with Gasteiger partial charge in [-0.15, -0.1) is 0 Å². The number of aromatic nitrogens is 8. The van der Waals surface area contributed by atoms with Crippen LogP contribution in [0, 0.1) is 6.92 Å². The summed E-state index contributed by atoms with van der Waals surface area (Å²) >= 11 is 0. The summed E-state index contributed by atoms with van der Waals surface area (Å²) in [6.07, 6.45) is 8.87. The number of piperazine rings is 1. The highest BCUT2D eigenvalue weighted by Gasteiger charge is 2.26. The van der Waals surface area contributed by atoms with E-state index in [-0.39, 0.29) is 24.7 Å². The summed E-state index contributed by atoms with van der Waals surface area (Å²) < 4.78 is 13.8. The van der Waals surface area contributed by atoms with Gasteiger partial charge in [0.05, 0.1) is 17.9 Å². The fourth-order valence-electron chi connectivity index (χ4n) is 8.64. The molecule has 7 aromatic rings. The summed E-state index contributed by atoms with van der Waals surface area (Å²) in [5.41, 5.74) is 7.09. The van der Waals surface area contributed by atoms with E-state index in [1.807, 2.05) is 42.6 Å². The van der Waals surface area contributed by atoms with Crippen LogP contribution in [-0.2, 0) is 9.59 Å². The van der Waals surface area contributed by atoms with Crippen molar-refractivity contribution in [1.29, 1.82) is 0 Å². The first kappa shape index (κ1) is 43.5. The minimum Gasteiger partial charge on any atom is -0.486 e. The van der Waals surface area contributed by atoms with Crippen LogP contribution in [0.3, 0.4) is 0 Å². The molecular weight excluding hydrogens is 863 g/mol. The third-order valence-corrected chi connectivity index (χ3v) is 12.1. The van der Waals surface area contributed by atoms with E-state index >= 15 is 0 Å². The van der Waals surface area contributed by atoms with E-state index in [4.69, 9.17) is 19.6 Å². The van der Waals surface area contributed by atoms with E-state index in [1.54, 1.807) is 24.3 Å². The third kappa shape index (κ3) is 10.4. The molecule has 0 unspecified atom stereocenters. The Bertz CT molecular complexity index is 2900. The zero-order valence-electron chi connectivity index (χ0n) is 37.6. The molecule has 3 aromatic heterocycles. The number of nitrogens with zero attached hydrogens (tertiary/aromatic N) is 11. The molecule has 4 aromatic carbocycles. The summed E-state index contributed by atoms with van der Waals surface area (Å²) in [6.45, 7) is 7.73. The number of carbonyl (C=O) groups excluding carboxylic acids is 2. The number of aryl methyl sites for hydroxylation is 1. The highest BCUT2D eigenvalue weighted by Crippen LogP contribution is 2.40. The summed E-state index contributed by atoms with van der Waals surface area (Å²) in [7, 11) is 0. The SMILES string of the molecule is Cc1ccccc1-c1cnn(C2CCN(c3ncnc(Nc4cccc(NC(=O)CCC(=O)Nc5cccc(Nc6ncnc(N7CCN(c8cccc9c8OCCO9)CC7)n6)c5)c4)n3)CC2)c1. The first-order valence-electron chi connectivity index (χ1n) is 22.8.